The van der Waals surface area contributed by atoms with E-state index < -0.39 is 5.97 Å². The lowest BCUT2D eigenvalue weighted by Gasteiger charge is -2.35. The Bertz CT molecular complexity index is 956. The quantitative estimate of drug-likeness (QED) is 0.459. The first-order chi connectivity index (χ1) is 16.4. The van der Waals surface area contributed by atoms with Gasteiger partial charge in [-0.2, -0.15) is 0 Å². The zero-order valence-corrected chi connectivity index (χ0v) is 19.9. The monoisotopic (exact) mass is 470 g/mol. The van der Waals surface area contributed by atoms with Gasteiger partial charge in [0.1, 0.15) is 5.75 Å². The van der Waals surface area contributed by atoms with Crippen molar-refractivity contribution in [3.8, 4) is 5.75 Å². The molecule has 0 radical (unpaired) electrons. The zero-order valence-electron chi connectivity index (χ0n) is 19.9. The highest BCUT2D eigenvalue weighted by atomic mass is 16.5. The molecule has 8 nitrogen and oxygen atoms in total. The number of para-hydroxylation sites is 1. The molecule has 1 fully saturated rings. The highest BCUT2D eigenvalue weighted by Crippen LogP contribution is 2.28. The fourth-order valence-electron chi connectivity index (χ4n) is 4.15. The van der Waals surface area contributed by atoms with Crippen molar-refractivity contribution in [2.75, 3.05) is 18.1 Å². The predicted octanol–water partition coefficient (Wildman–Crippen LogP) is 4.48. The Balaban J connectivity index is 1.59. The van der Waals surface area contributed by atoms with Crippen LogP contribution in [0.2, 0.25) is 0 Å². The molecule has 2 aromatic rings. The maximum absolute atomic E-state index is 13.4. The molecule has 3 rings (SSSR count). The topological polar surface area (TPSA) is 100 Å². The molecule has 0 spiro atoms. The van der Waals surface area contributed by atoms with Crippen LogP contribution in [-0.4, -0.2) is 47.0 Å². The summed E-state index contributed by atoms with van der Waals surface area (Å²) in [4.78, 5) is 40.1. The number of nitrogens with zero attached hydrogens (tertiary/aromatic N) is 2. The number of benzene rings is 1. The summed E-state index contributed by atoms with van der Waals surface area (Å²) in [5.74, 6) is -0.0177. The average Bonchev–Trinajstić information content (AvgIpc) is 3.34. The number of amides is 2. The lowest BCUT2D eigenvalue weighted by Crippen LogP contribution is -2.47. The summed E-state index contributed by atoms with van der Waals surface area (Å²) in [6.07, 6.45) is 4.65. The average molecular weight is 471 g/mol. The van der Waals surface area contributed by atoms with Crippen molar-refractivity contribution in [2.45, 2.75) is 65.0 Å². The van der Waals surface area contributed by atoms with Gasteiger partial charge < -0.3 is 19.2 Å². The largest absolute Gasteiger partial charge is 0.493 e. The Morgan fingerprint density at radius 3 is 2.65 bits per heavy atom. The van der Waals surface area contributed by atoms with Crippen LogP contribution in [-0.2, 0) is 20.9 Å². The van der Waals surface area contributed by atoms with E-state index in [2.05, 4.69) is 0 Å². The molecule has 1 aliphatic rings. The van der Waals surface area contributed by atoms with E-state index in [0.29, 0.717) is 38.4 Å². The molecule has 1 saturated heterocycles. The molecule has 2 heterocycles. The number of anilines is 1. The molecule has 1 aromatic heterocycles. The molecule has 1 N–H and O–H groups in total. The van der Waals surface area contributed by atoms with Crippen LogP contribution >= 0.6 is 0 Å². The Morgan fingerprint density at radius 2 is 1.97 bits per heavy atom. The van der Waals surface area contributed by atoms with E-state index in [4.69, 9.17) is 14.3 Å². The molecule has 1 aliphatic heterocycles. The van der Waals surface area contributed by atoms with Crippen LogP contribution < -0.4 is 9.64 Å². The van der Waals surface area contributed by atoms with Crippen LogP contribution in [0.25, 0.3) is 0 Å². The Labute approximate surface area is 200 Å². The normalized spacial score (nSPS) is 16.0. The fraction of sp³-hybridized carbons (Fsp3) is 0.500. The van der Waals surface area contributed by atoms with Crippen molar-refractivity contribution < 1.29 is 28.6 Å². The van der Waals surface area contributed by atoms with Gasteiger partial charge in [0.2, 0.25) is 17.7 Å². The van der Waals surface area contributed by atoms with Crippen molar-refractivity contribution in [1.29, 1.82) is 0 Å². The molecule has 1 unspecified atom stereocenters. The minimum Gasteiger partial charge on any atom is -0.493 e. The first kappa shape index (κ1) is 25.3. The van der Waals surface area contributed by atoms with Gasteiger partial charge in [0.15, 0.2) is 0 Å². The summed E-state index contributed by atoms with van der Waals surface area (Å²) in [6, 6.07) is 11.1. The summed E-state index contributed by atoms with van der Waals surface area (Å²) in [5.41, 5.74) is 0.912. The standard InChI is InChI=1S/C26H34N2O6/c1-19(2)28(26(32)20-13-14-27(23(29)17-20)24-11-8-16-34-24)18-21-9-5-6-10-22(21)33-15-7-3-4-12-25(30)31/h5-6,8-11,16,19-20H,3-4,7,12-15,17-18H2,1-2H3,(H,30,31). The molecule has 184 valence electrons. The maximum Gasteiger partial charge on any atom is 0.303 e. The molecule has 1 atom stereocenters. The lowest BCUT2D eigenvalue weighted by atomic mass is 9.94. The number of carboxylic acid groups (broad SMARTS) is 1. The van der Waals surface area contributed by atoms with Crippen LogP contribution in [0.1, 0.15) is 57.9 Å². The van der Waals surface area contributed by atoms with Gasteiger partial charge in [0.25, 0.3) is 0 Å². The van der Waals surface area contributed by atoms with E-state index in [-0.39, 0.29) is 36.6 Å². The minimum atomic E-state index is -0.780. The first-order valence-electron chi connectivity index (χ1n) is 11.9. The number of carbonyl (C=O) groups is 3. The third kappa shape index (κ3) is 6.85. The summed E-state index contributed by atoms with van der Waals surface area (Å²) in [7, 11) is 0. The highest BCUT2D eigenvalue weighted by molar-refractivity contribution is 5.96. The minimum absolute atomic E-state index is 0.0223. The van der Waals surface area contributed by atoms with Crippen LogP contribution in [0.4, 0.5) is 5.88 Å². The van der Waals surface area contributed by atoms with Crippen molar-refractivity contribution in [3.05, 3.63) is 48.2 Å². The second-order valence-corrected chi connectivity index (χ2v) is 8.91. The van der Waals surface area contributed by atoms with E-state index in [1.54, 1.807) is 17.0 Å². The third-order valence-corrected chi connectivity index (χ3v) is 6.06. The number of carbonyl (C=O) groups excluding carboxylic acids is 2. The van der Waals surface area contributed by atoms with Gasteiger partial charge >= 0.3 is 5.97 Å². The molecule has 0 saturated carbocycles. The number of hydrogen-bond donors (Lipinski definition) is 1. The van der Waals surface area contributed by atoms with Gasteiger partial charge in [0.05, 0.1) is 12.9 Å². The fourth-order valence-corrected chi connectivity index (χ4v) is 4.15. The van der Waals surface area contributed by atoms with E-state index >= 15 is 0 Å². The summed E-state index contributed by atoms with van der Waals surface area (Å²) in [6.45, 7) is 5.30. The van der Waals surface area contributed by atoms with Gasteiger partial charge in [-0.15, -0.1) is 0 Å². The summed E-state index contributed by atoms with van der Waals surface area (Å²) >= 11 is 0. The summed E-state index contributed by atoms with van der Waals surface area (Å²) in [5, 5.41) is 8.73. The molecule has 1 aromatic carbocycles. The van der Waals surface area contributed by atoms with Crippen LogP contribution in [0, 0.1) is 5.92 Å². The van der Waals surface area contributed by atoms with Crippen molar-refractivity contribution >= 4 is 23.7 Å². The summed E-state index contributed by atoms with van der Waals surface area (Å²) < 4.78 is 11.3. The second-order valence-electron chi connectivity index (χ2n) is 8.91. The Kier molecular flexibility index (Phi) is 9.13. The zero-order chi connectivity index (χ0) is 24.5. The predicted molar refractivity (Wildman–Crippen MR) is 128 cm³/mol. The number of ether oxygens (including phenoxy) is 1. The van der Waals surface area contributed by atoms with Crippen LogP contribution in [0.15, 0.2) is 47.1 Å². The number of aliphatic carboxylic acids is 1. The van der Waals surface area contributed by atoms with Crippen molar-refractivity contribution in [3.63, 3.8) is 0 Å². The van der Waals surface area contributed by atoms with E-state index in [0.717, 1.165) is 24.2 Å². The first-order valence-corrected chi connectivity index (χ1v) is 11.9. The molecule has 2 amide bonds. The van der Waals surface area contributed by atoms with Gasteiger partial charge in [-0.25, -0.2) is 0 Å². The molecule has 34 heavy (non-hydrogen) atoms. The van der Waals surface area contributed by atoms with Crippen molar-refractivity contribution in [2.24, 2.45) is 5.92 Å². The second kappa shape index (κ2) is 12.3. The van der Waals surface area contributed by atoms with Crippen LogP contribution in [0.5, 0.6) is 5.75 Å². The number of piperidine rings is 1. The van der Waals surface area contributed by atoms with Gasteiger partial charge in [-0.1, -0.05) is 18.2 Å². The lowest BCUT2D eigenvalue weighted by molar-refractivity contribution is -0.141. The molecular formula is C26H34N2O6. The van der Waals surface area contributed by atoms with E-state index in [1.807, 2.05) is 43.0 Å². The van der Waals surface area contributed by atoms with Gasteiger partial charge in [-0.3, -0.25) is 19.3 Å². The van der Waals surface area contributed by atoms with Crippen LogP contribution in [0.3, 0.4) is 0 Å². The maximum atomic E-state index is 13.4. The van der Waals surface area contributed by atoms with Gasteiger partial charge in [0, 0.05) is 49.5 Å². The molecule has 0 bridgehead atoms. The SMILES string of the molecule is CC(C)N(Cc1ccccc1OCCCCCC(=O)O)C(=O)C1CCN(c2ccco2)C(=O)C1. The molecule has 8 heteroatoms. The Hall–Kier alpha value is -3.29. The Morgan fingerprint density at radius 1 is 1.18 bits per heavy atom. The molecule has 0 aliphatic carbocycles. The number of hydrogen-bond acceptors (Lipinski definition) is 5. The smallest absolute Gasteiger partial charge is 0.303 e. The van der Waals surface area contributed by atoms with Gasteiger partial charge in [-0.05, 0) is 51.7 Å². The van der Waals surface area contributed by atoms with Crippen molar-refractivity contribution in [1.82, 2.24) is 4.90 Å². The number of rotatable bonds is 12. The number of carboxylic acids is 1. The number of unbranched alkanes of at least 4 members (excludes halogenated alkanes) is 2. The van der Waals surface area contributed by atoms with E-state index in [9.17, 15) is 14.4 Å². The number of furan rings is 1. The molecular weight excluding hydrogens is 436 g/mol. The van der Waals surface area contributed by atoms with E-state index in [1.165, 1.54) is 6.26 Å². The highest BCUT2D eigenvalue weighted by Gasteiger charge is 2.35. The third-order valence-electron chi connectivity index (χ3n) is 6.06.